The van der Waals surface area contributed by atoms with E-state index in [4.69, 9.17) is 11.6 Å². The molecule has 1 aromatic heterocycles. The van der Waals surface area contributed by atoms with Gasteiger partial charge in [-0.1, -0.05) is 41.6 Å². The summed E-state index contributed by atoms with van der Waals surface area (Å²) in [4.78, 5) is 29.3. The molecule has 0 fully saturated rings. The maximum Gasteiger partial charge on any atom is 0.266 e. The molecular weight excluding hydrogens is 358 g/mol. The van der Waals surface area contributed by atoms with Crippen molar-refractivity contribution in [2.24, 2.45) is 0 Å². The lowest BCUT2D eigenvalue weighted by Gasteiger charge is -2.15. The number of nitrogens with zero attached hydrogens (tertiary/aromatic N) is 2. The summed E-state index contributed by atoms with van der Waals surface area (Å²) in [6.45, 7) is 1.85. The molecular formula is C18H16ClN3O2S. The molecule has 0 atom stereocenters. The molecule has 0 aliphatic carbocycles. The second-order valence-corrected chi connectivity index (χ2v) is 6.75. The first-order valence-electron chi connectivity index (χ1n) is 7.63. The number of carbonyl (C=O) groups excluding carboxylic acids is 1. The minimum atomic E-state index is -0.185. The summed E-state index contributed by atoms with van der Waals surface area (Å²) in [5.41, 5.74) is 1.86. The minimum absolute atomic E-state index is 0.137. The fraction of sp³-hybridized carbons (Fsp3) is 0.167. The topological polar surface area (TPSA) is 64.0 Å². The summed E-state index contributed by atoms with van der Waals surface area (Å²) in [6, 6.07) is 12.6. The highest BCUT2D eigenvalue weighted by atomic mass is 35.5. The molecule has 0 aliphatic heterocycles. The summed E-state index contributed by atoms with van der Waals surface area (Å²) in [5.74, 6) is 0.0303. The van der Waals surface area contributed by atoms with Crippen LogP contribution >= 0.6 is 23.4 Å². The van der Waals surface area contributed by atoms with E-state index in [1.165, 1.54) is 16.3 Å². The van der Waals surface area contributed by atoms with E-state index < -0.39 is 0 Å². The number of fused-ring (bicyclic) bond motifs is 1. The average Bonchev–Trinajstić information content (AvgIpc) is 2.62. The second kappa shape index (κ2) is 7.29. The molecule has 0 radical (unpaired) electrons. The number of benzene rings is 2. The molecule has 2 aromatic carbocycles. The van der Waals surface area contributed by atoms with Crippen LogP contribution in [0.3, 0.4) is 0 Å². The highest BCUT2D eigenvalue weighted by Crippen LogP contribution is 2.26. The Balaban J connectivity index is 2.27. The maximum absolute atomic E-state index is 13.1. The molecule has 3 aromatic rings. The Morgan fingerprint density at radius 3 is 2.76 bits per heavy atom. The van der Waals surface area contributed by atoms with Gasteiger partial charge < -0.3 is 5.32 Å². The van der Waals surface area contributed by atoms with Crippen LogP contribution in [-0.4, -0.2) is 28.3 Å². The number of carbonyl (C=O) groups is 1. The number of aromatic nitrogens is 2. The van der Waals surface area contributed by atoms with Crippen LogP contribution in [0.5, 0.6) is 0 Å². The van der Waals surface area contributed by atoms with Crippen molar-refractivity contribution in [3.8, 4) is 5.69 Å². The van der Waals surface area contributed by atoms with Crippen molar-refractivity contribution in [3.63, 3.8) is 0 Å². The van der Waals surface area contributed by atoms with Gasteiger partial charge in [-0.2, -0.15) is 0 Å². The normalized spacial score (nSPS) is 10.8. The Hall–Kier alpha value is -2.31. The zero-order valence-electron chi connectivity index (χ0n) is 13.7. The lowest BCUT2D eigenvalue weighted by molar-refractivity contribution is -0.118. The molecule has 0 spiro atoms. The van der Waals surface area contributed by atoms with Gasteiger partial charge in [0.05, 0.1) is 22.3 Å². The van der Waals surface area contributed by atoms with Crippen LogP contribution in [0.2, 0.25) is 5.02 Å². The van der Waals surface area contributed by atoms with Crippen LogP contribution < -0.4 is 10.9 Å². The summed E-state index contributed by atoms with van der Waals surface area (Å²) < 4.78 is 1.52. The molecule has 0 aliphatic rings. The fourth-order valence-electron chi connectivity index (χ4n) is 2.46. The Morgan fingerprint density at radius 2 is 2.00 bits per heavy atom. The van der Waals surface area contributed by atoms with Gasteiger partial charge in [-0.3, -0.25) is 14.2 Å². The first kappa shape index (κ1) is 17.5. The van der Waals surface area contributed by atoms with E-state index in [2.05, 4.69) is 10.3 Å². The third-order valence-electron chi connectivity index (χ3n) is 3.84. The number of nitrogens with one attached hydrogen (secondary N) is 1. The SMILES string of the molecule is CNC(=O)CSc1nc2ccccc2c(=O)n1-c1cccc(Cl)c1C. The molecule has 0 unspecified atom stereocenters. The van der Waals surface area contributed by atoms with E-state index in [1.807, 2.05) is 19.1 Å². The van der Waals surface area contributed by atoms with E-state index in [9.17, 15) is 9.59 Å². The van der Waals surface area contributed by atoms with Crippen molar-refractivity contribution >= 4 is 40.2 Å². The lowest BCUT2D eigenvalue weighted by atomic mass is 10.2. The molecule has 1 heterocycles. The van der Waals surface area contributed by atoms with E-state index >= 15 is 0 Å². The minimum Gasteiger partial charge on any atom is -0.358 e. The summed E-state index contributed by atoms with van der Waals surface area (Å²) in [6.07, 6.45) is 0. The van der Waals surface area contributed by atoms with Crippen LogP contribution in [0.1, 0.15) is 5.56 Å². The number of hydrogen-bond donors (Lipinski definition) is 1. The van der Waals surface area contributed by atoms with Crippen molar-refractivity contribution in [1.29, 1.82) is 0 Å². The number of rotatable bonds is 4. The van der Waals surface area contributed by atoms with Crippen LogP contribution in [0.15, 0.2) is 52.4 Å². The van der Waals surface area contributed by atoms with Crippen molar-refractivity contribution in [3.05, 3.63) is 63.4 Å². The molecule has 1 N–H and O–H groups in total. The van der Waals surface area contributed by atoms with Crippen LogP contribution in [0.25, 0.3) is 16.6 Å². The first-order valence-corrected chi connectivity index (χ1v) is 9.00. The predicted octanol–water partition coefficient (Wildman–Crippen LogP) is 3.19. The number of halogens is 1. The molecule has 25 heavy (non-hydrogen) atoms. The summed E-state index contributed by atoms with van der Waals surface area (Å²) in [5, 5.41) is 4.12. The van der Waals surface area contributed by atoms with Gasteiger partial charge in [0.2, 0.25) is 5.91 Å². The molecule has 0 bridgehead atoms. The Labute approximate surface area is 154 Å². The van der Waals surface area contributed by atoms with E-state index in [1.54, 1.807) is 37.4 Å². The highest BCUT2D eigenvalue weighted by molar-refractivity contribution is 7.99. The van der Waals surface area contributed by atoms with Crippen LogP contribution in [-0.2, 0) is 4.79 Å². The zero-order chi connectivity index (χ0) is 18.0. The van der Waals surface area contributed by atoms with Crippen molar-refractivity contribution in [2.75, 3.05) is 12.8 Å². The van der Waals surface area contributed by atoms with Gasteiger partial charge in [0, 0.05) is 12.1 Å². The summed E-state index contributed by atoms with van der Waals surface area (Å²) in [7, 11) is 1.57. The number of amides is 1. The van der Waals surface area contributed by atoms with Gasteiger partial charge in [-0.15, -0.1) is 0 Å². The molecule has 7 heteroatoms. The number of thioether (sulfide) groups is 1. The van der Waals surface area contributed by atoms with Crippen LogP contribution in [0, 0.1) is 6.92 Å². The van der Waals surface area contributed by atoms with Crippen molar-refractivity contribution in [1.82, 2.24) is 14.9 Å². The zero-order valence-corrected chi connectivity index (χ0v) is 15.3. The number of para-hydroxylation sites is 1. The maximum atomic E-state index is 13.1. The standard InChI is InChI=1S/C18H16ClN3O2S/c1-11-13(19)7-5-9-15(11)22-17(24)12-6-3-4-8-14(12)21-18(22)25-10-16(23)20-2/h3-9H,10H2,1-2H3,(H,20,23). The van der Waals surface area contributed by atoms with Crippen LogP contribution in [0.4, 0.5) is 0 Å². The average molecular weight is 374 g/mol. The van der Waals surface area contributed by atoms with Gasteiger partial charge in [0.1, 0.15) is 0 Å². The van der Waals surface area contributed by atoms with Gasteiger partial charge in [0.25, 0.3) is 5.56 Å². The quantitative estimate of drug-likeness (QED) is 0.563. The Kier molecular flexibility index (Phi) is 5.11. The van der Waals surface area contributed by atoms with Crippen molar-refractivity contribution in [2.45, 2.75) is 12.1 Å². The largest absolute Gasteiger partial charge is 0.358 e. The smallest absolute Gasteiger partial charge is 0.266 e. The molecule has 1 amide bonds. The Bertz CT molecular complexity index is 1020. The lowest BCUT2D eigenvalue weighted by Crippen LogP contribution is -2.24. The van der Waals surface area contributed by atoms with E-state index in [0.29, 0.717) is 26.8 Å². The fourth-order valence-corrected chi connectivity index (χ4v) is 3.51. The van der Waals surface area contributed by atoms with Gasteiger partial charge >= 0.3 is 0 Å². The molecule has 5 nitrogen and oxygen atoms in total. The second-order valence-electron chi connectivity index (χ2n) is 5.40. The van der Waals surface area contributed by atoms with Gasteiger partial charge in [-0.25, -0.2) is 4.98 Å². The van der Waals surface area contributed by atoms with E-state index in [0.717, 1.165) is 5.56 Å². The molecule has 0 saturated carbocycles. The Morgan fingerprint density at radius 1 is 1.24 bits per heavy atom. The predicted molar refractivity (Wildman–Crippen MR) is 102 cm³/mol. The van der Waals surface area contributed by atoms with E-state index in [-0.39, 0.29) is 17.2 Å². The number of hydrogen-bond acceptors (Lipinski definition) is 4. The van der Waals surface area contributed by atoms with Gasteiger partial charge in [0.15, 0.2) is 5.16 Å². The van der Waals surface area contributed by atoms with Gasteiger partial charge in [-0.05, 0) is 36.8 Å². The summed E-state index contributed by atoms with van der Waals surface area (Å²) >= 11 is 7.44. The monoisotopic (exact) mass is 373 g/mol. The molecule has 128 valence electrons. The third kappa shape index (κ3) is 3.41. The molecule has 0 saturated heterocycles. The molecule has 3 rings (SSSR count). The third-order valence-corrected chi connectivity index (χ3v) is 5.18. The highest BCUT2D eigenvalue weighted by Gasteiger charge is 2.16. The van der Waals surface area contributed by atoms with Crippen molar-refractivity contribution < 1.29 is 4.79 Å². The first-order chi connectivity index (χ1) is 12.0.